The lowest BCUT2D eigenvalue weighted by Gasteiger charge is -2.37. The second-order valence-corrected chi connectivity index (χ2v) is 8.11. The van der Waals surface area contributed by atoms with Crippen LogP contribution < -0.4 is 20.1 Å². The molecule has 3 amide bonds. The van der Waals surface area contributed by atoms with Crippen molar-refractivity contribution in [1.82, 2.24) is 10.2 Å². The Morgan fingerprint density at radius 1 is 1.00 bits per heavy atom. The van der Waals surface area contributed by atoms with Gasteiger partial charge in [0.1, 0.15) is 0 Å². The highest BCUT2D eigenvalue weighted by molar-refractivity contribution is 5.93. The number of hydrogen-bond donors (Lipinski definition) is 2. The third-order valence-corrected chi connectivity index (χ3v) is 5.44. The number of carbonyl (C=O) groups is 2. The lowest BCUT2D eigenvalue weighted by atomic mass is 9.84. The van der Waals surface area contributed by atoms with Crippen LogP contribution in [-0.2, 0) is 4.79 Å². The number of carbonyl (C=O) groups excluding carboxylic acids is 2. The molecular formula is C24H31N3O4. The molecule has 0 aromatic heterocycles. The molecule has 166 valence electrons. The van der Waals surface area contributed by atoms with Crippen molar-refractivity contribution < 1.29 is 19.1 Å². The van der Waals surface area contributed by atoms with Gasteiger partial charge in [0.2, 0.25) is 5.91 Å². The summed E-state index contributed by atoms with van der Waals surface area (Å²) in [7, 11) is 3.12. The number of amides is 3. The molecule has 3 rings (SSSR count). The van der Waals surface area contributed by atoms with Crippen molar-refractivity contribution in [3.63, 3.8) is 0 Å². The number of hydrogen-bond acceptors (Lipinski definition) is 4. The van der Waals surface area contributed by atoms with Crippen LogP contribution in [0.15, 0.2) is 48.5 Å². The Bertz CT molecular complexity index is 901. The topological polar surface area (TPSA) is 79.9 Å². The maximum Gasteiger partial charge on any atom is 0.317 e. The van der Waals surface area contributed by atoms with Crippen LogP contribution in [0.25, 0.3) is 0 Å². The van der Waals surface area contributed by atoms with Gasteiger partial charge in [0.05, 0.1) is 20.1 Å². The van der Waals surface area contributed by atoms with Crippen LogP contribution in [0, 0.1) is 5.92 Å². The van der Waals surface area contributed by atoms with E-state index in [-0.39, 0.29) is 29.8 Å². The van der Waals surface area contributed by atoms with Gasteiger partial charge in [-0.05, 0) is 38.0 Å². The number of likely N-dealkylation sites (tertiary alicyclic amines) is 1. The van der Waals surface area contributed by atoms with Gasteiger partial charge in [-0.15, -0.1) is 0 Å². The molecule has 1 aliphatic heterocycles. The maximum absolute atomic E-state index is 13.1. The molecule has 0 saturated carbocycles. The molecule has 2 aromatic rings. The Labute approximate surface area is 183 Å². The zero-order chi connectivity index (χ0) is 22.4. The van der Waals surface area contributed by atoms with Gasteiger partial charge >= 0.3 is 6.03 Å². The van der Waals surface area contributed by atoms with Crippen LogP contribution in [0.2, 0.25) is 0 Å². The summed E-state index contributed by atoms with van der Waals surface area (Å²) >= 11 is 0. The molecule has 31 heavy (non-hydrogen) atoms. The molecule has 7 nitrogen and oxygen atoms in total. The quantitative estimate of drug-likeness (QED) is 0.736. The molecule has 2 aromatic carbocycles. The summed E-state index contributed by atoms with van der Waals surface area (Å²) in [5.41, 5.74) is 1.76. The molecule has 0 radical (unpaired) electrons. The van der Waals surface area contributed by atoms with Crippen molar-refractivity contribution in [2.45, 2.75) is 32.2 Å². The van der Waals surface area contributed by atoms with Crippen LogP contribution in [0.1, 0.15) is 31.7 Å². The van der Waals surface area contributed by atoms with E-state index in [1.54, 1.807) is 37.3 Å². The summed E-state index contributed by atoms with van der Waals surface area (Å²) in [6.07, 6.45) is 0.675. The van der Waals surface area contributed by atoms with E-state index in [2.05, 4.69) is 22.8 Å². The Kier molecular flexibility index (Phi) is 7.39. The van der Waals surface area contributed by atoms with Crippen molar-refractivity contribution in [3.05, 3.63) is 54.1 Å². The van der Waals surface area contributed by atoms with Gasteiger partial charge in [0, 0.05) is 36.8 Å². The molecular weight excluding hydrogens is 394 g/mol. The highest BCUT2D eigenvalue weighted by Crippen LogP contribution is 2.33. The van der Waals surface area contributed by atoms with Crippen LogP contribution in [0.5, 0.6) is 11.5 Å². The molecule has 2 N–H and O–H groups in total. The number of nitrogens with one attached hydrogen (secondary N) is 2. The normalized spacial score (nSPS) is 18.4. The molecule has 0 bridgehead atoms. The fourth-order valence-corrected chi connectivity index (χ4v) is 3.92. The Balaban J connectivity index is 1.78. The van der Waals surface area contributed by atoms with E-state index in [1.807, 2.05) is 32.0 Å². The lowest BCUT2D eigenvalue weighted by Crippen LogP contribution is -2.51. The van der Waals surface area contributed by atoms with Crippen LogP contribution >= 0.6 is 0 Å². The van der Waals surface area contributed by atoms with Gasteiger partial charge in [-0.3, -0.25) is 4.79 Å². The zero-order valence-corrected chi connectivity index (χ0v) is 18.6. The van der Waals surface area contributed by atoms with Gasteiger partial charge in [0.15, 0.2) is 11.5 Å². The molecule has 0 aliphatic carbocycles. The third kappa shape index (κ3) is 5.69. The Morgan fingerprint density at radius 3 is 2.35 bits per heavy atom. The van der Waals surface area contributed by atoms with Gasteiger partial charge in [-0.25, -0.2) is 4.79 Å². The van der Waals surface area contributed by atoms with Gasteiger partial charge in [0.25, 0.3) is 0 Å². The molecule has 1 fully saturated rings. The Hall–Kier alpha value is -3.22. The number of methoxy groups -OCH3 is 2. The van der Waals surface area contributed by atoms with E-state index in [1.165, 1.54) is 0 Å². The fraction of sp³-hybridized carbons (Fsp3) is 0.417. The standard InChI is InChI=1S/C24H31N3O4/c1-16(2)25-24(29)27-14-18(17-8-6-5-7-9-17)12-19(15-27)23(28)26-20-10-11-21(30-3)22(13-20)31-4/h5-11,13,16,18-19H,12,14-15H2,1-4H3,(H,25,29)(H,26,28). The van der Waals surface area contributed by atoms with Crippen molar-refractivity contribution in [2.75, 3.05) is 32.6 Å². The van der Waals surface area contributed by atoms with Gasteiger partial charge in [-0.1, -0.05) is 30.3 Å². The largest absolute Gasteiger partial charge is 0.493 e. The zero-order valence-electron chi connectivity index (χ0n) is 18.6. The number of anilines is 1. The summed E-state index contributed by atoms with van der Waals surface area (Å²) in [4.78, 5) is 27.6. The first-order valence-electron chi connectivity index (χ1n) is 10.5. The second kappa shape index (κ2) is 10.2. The number of ether oxygens (including phenoxy) is 2. The molecule has 1 heterocycles. The van der Waals surface area contributed by atoms with Crippen LogP contribution in [-0.4, -0.2) is 50.2 Å². The van der Waals surface area contributed by atoms with E-state index in [4.69, 9.17) is 9.47 Å². The van der Waals surface area contributed by atoms with Crippen molar-refractivity contribution >= 4 is 17.6 Å². The van der Waals surface area contributed by atoms with E-state index in [0.29, 0.717) is 36.7 Å². The van der Waals surface area contributed by atoms with E-state index in [0.717, 1.165) is 5.56 Å². The smallest absolute Gasteiger partial charge is 0.317 e. The van der Waals surface area contributed by atoms with Gasteiger partial charge in [-0.2, -0.15) is 0 Å². The number of piperidine rings is 1. The first-order valence-corrected chi connectivity index (χ1v) is 10.5. The van der Waals surface area contributed by atoms with E-state index in [9.17, 15) is 9.59 Å². The summed E-state index contributed by atoms with van der Waals surface area (Å²) < 4.78 is 10.6. The minimum atomic E-state index is -0.329. The average molecular weight is 426 g/mol. The third-order valence-electron chi connectivity index (χ3n) is 5.44. The monoisotopic (exact) mass is 425 g/mol. The minimum Gasteiger partial charge on any atom is -0.493 e. The number of benzene rings is 2. The van der Waals surface area contributed by atoms with Crippen molar-refractivity contribution in [1.29, 1.82) is 0 Å². The molecule has 1 saturated heterocycles. The van der Waals surface area contributed by atoms with Crippen molar-refractivity contribution in [2.24, 2.45) is 5.92 Å². The first kappa shape index (κ1) is 22.5. The highest BCUT2D eigenvalue weighted by atomic mass is 16.5. The number of nitrogens with zero attached hydrogens (tertiary/aromatic N) is 1. The summed E-state index contributed by atoms with van der Waals surface area (Å²) in [5.74, 6) is 0.789. The van der Waals surface area contributed by atoms with Crippen molar-refractivity contribution in [3.8, 4) is 11.5 Å². The highest BCUT2D eigenvalue weighted by Gasteiger charge is 2.34. The van der Waals surface area contributed by atoms with E-state index < -0.39 is 0 Å². The second-order valence-electron chi connectivity index (χ2n) is 8.11. The predicted octanol–water partition coefficient (Wildman–Crippen LogP) is 3.87. The fourth-order valence-electron chi connectivity index (χ4n) is 3.92. The van der Waals surface area contributed by atoms with Crippen LogP contribution in [0.4, 0.5) is 10.5 Å². The molecule has 7 heteroatoms. The maximum atomic E-state index is 13.1. The Morgan fingerprint density at radius 2 is 1.71 bits per heavy atom. The SMILES string of the molecule is COc1ccc(NC(=O)C2CC(c3ccccc3)CN(C(=O)NC(C)C)C2)cc1OC. The molecule has 1 aliphatic rings. The van der Waals surface area contributed by atoms with Gasteiger partial charge < -0.3 is 25.0 Å². The number of urea groups is 1. The lowest BCUT2D eigenvalue weighted by molar-refractivity contribution is -0.121. The van der Waals surface area contributed by atoms with E-state index >= 15 is 0 Å². The predicted molar refractivity (Wildman–Crippen MR) is 121 cm³/mol. The summed E-state index contributed by atoms with van der Waals surface area (Å²) in [6.45, 7) is 4.82. The number of rotatable bonds is 6. The average Bonchev–Trinajstić information content (AvgIpc) is 2.78. The molecule has 2 unspecified atom stereocenters. The molecule has 0 spiro atoms. The minimum absolute atomic E-state index is 0.0312. The van der Waals surface area contributed by atoms with Crippen LogP contribution in [0.3, 0.4) is 0 Å². The summed E-state index contributed by atoms with van der Waals surface area (Å²) in [6, 6.07) is 15.2. The molecule has 2 atom stereocenters. The first-order chi connectivity index (χ1) is 14.9. The summed E-state index contributed by atoms with van der Waals surface area (Å²) in [5, 5.41) is 5.92.